The Kier molecular flexibility index (Phi) is 10.6. The number of nitrogens with zero attached hydrogens (tertiary/aromatic N) is 2. The third-order valence-electron chi connectivity index (χ3n) is 16.9. The summed E-state index contributed by atoms with van der Waals surface area (Å²) in [5.41, 5.74) is 1.94. The molecule has 0 spiro atoms. The number of ether oxygens (including phenoxy) is 1. The quantitative estimate of drug-likeness (QED) is 0.190. The van der Waals surface area contributed by atoms with Crippen molar-refractivity contribution in [1.29, 1.82) is 0 Å². The van der Waals surface area contributed by atoms with Crippen LogP contribution in [0.4, 0.5) is 0 Å². The number of allylic oxidation sites excluding steroid dienone is 2. The Balaban J connectivity index is 1.26. The van der Waals surface area contributed by atoms with Gasteiger partial charge in [-0.15, -0.1) is 0 Å². The molecular formula is C45H74N2O5. The van der Waals surface area contributed by atoms with Gasteiger partial charge in [-0.05, 0) is 157 Å². The number of Topliss-reactive ketones (excluding diaryl/α,β-unsaturated/α-hetero) is 1. The van der Waals surface area contributed by atoms with E-state index in [1.807, 2.05) is 0 Å². The van der Waals surface area contributed by atoms with E-state index in [0.717, 1.165) is 64.1 Å². The van der Waals surface area contributed by atoms with Crippen molar-refractivity contribution < 1.29 is 24.2 Å². The molecule has 0 aliphatic heterocycles. The van der Waals surface area contributed by atoms with Crippen LogP contribution in [0.5, 0.6) is 0 Å². The number of esters is 1. The van der Waals surface area contributed by atoms with Crippen LogP contribution in [0.25, 0.3) is 0 Å². The van der Waals surface area contributed by atoms with Gasteiger partial charge in [0.25, 0.3) is 0 Å². The molecule has 0 radical (unpaired) electrons. The second kappa shape index (κ2) is 13.8. The van der Waals surface area contributed by atoms with E-state index in [1.165, 1.54) is 50.6 Å². The number of carbonyl (C=O) groups excluding carboxylic acids is 2. The topological polar surface area (TPSA) is 87.2 Å². The van der Waals surface area contributed by atoms with E-state index in [2.05, 4.69) is 72.4 Å². The molecule has 6 rings (SSSR count). The fourth-order valence-electron chi connectivity index (χ4n) is 13.5. The first-order chi connectivity index (χ1) is 24.1. The van der Waals surface area contributed by atoms with Gasteiger partial charge in [0.1, 0.15) is 6.10 Å². The first-order valence-electron chi connectivity index (χ1n) is 21.2. The molecule has 0 bridgehead atoms. The molecule has 7 heteroatoms. The molecule has 0 amide bonds. The van der Waals surface area contributed by atoms with E-state index < -0.39 is 11.4 Å². The molecular weight excluding hydrogens is 649 g/mol. The monoisotopic (exact) mass is 723 g/mol. The maximum atomic E-state index is 14.2. The highest BCUT2D eigenvalue weighted by Crippen LogP contribution is 2.77. The second-order valence-corrected chi connectivity index (χ2v) is 21.5. The number of carboxylic acids is 1. The fraction of sp³-hybridized carbons (Fsp3) is 0.889. The van der Waals surface area contributed by atoms with Gasteiger partial charge >= 0.3 is 11.9 Å². The first kappa shape index (κ1) is 39.9. The minimum absolute atomic E-state index is 0.0181. The van der Waals surface area contributed by atoms with Crippen molar-refractivity contribution in [2.24, 2.45) is 62.1 Å². The van der Waals surface area contributed by atoms with Gasteiger partial charge in [0, 0.05) is 36.9 Å². The summed E-state index contributed by atoms with van der Waals surface area (Å²) in [6.07, 6.45) is 13.2. The molecule has 0 aromatic rings. The summed E-state index contributed by atoms with van der Waals surface area (Å²) in [4.78, 5) is 44.1. The van der Waals surface area contributed by atoms with Crippen molar-refractivity contribution >= 4 is 17.7 Å². The van der Waals surface area contributed by atoms with E-state index in [-0.39, 0.29) is 51.5 Å². The summed E-state index contributed by atoms with van der Waals surface area (Å²) in [7, 11) is 4.36. The lowest BCUT2D eigenvalue weighted by Crippen LogP contribution is -2.65. The molecule has 0 aromatic carbocycles. The van der Waals surface area contributed by atoms with E-state index in [4.69, 9.17) is 4.74 Å². The minimum Gasteiger partial charge on any atom is -0.481 e. The number of ketones is 1. The standard InChI is InChI=1S/C45H74N2O5/c1-29(2)37-32(48)26-45(22-23-47(25-24-46(10)11)28-30-12-13-30)21-20-43(8)31(38(37)45)14-15-34-42(7)18-17-35(52-36(49)27-40(3,4)39(50)51)41(5,6)33(42)16-19-44(34,43)9/h29-31,33-35H,12-28H2,1-11H3,(H,50,51)/t31?,33-,34+,35-,42-,43+,44?,45?/m0/s1. The highest BCUT2D eigenvalue weighted by Gasteiger charge is 2.70. The molecule has 5 saturated carbocycles. The van der Waals surface area contributed by atoms with E-state index in [9.17, 15) is 19.5 Å². The van der Waals surface area contributed by atoms with Gasteiger partial charge in [-0.3, -0.25) is 14.4 Å². The van der Waals surface area contributed by atoms with Crippen LogP contribution in [0.3, 0.4) is 0 Å². The highest BCUT2D eigenvalue weighted by molar-refractivity contribution is 6.00. The maximum Gasteiger partial charge on any atom is 0.309 e. The van der Waals surface area contributed by atoms with Gasteiger partial charge in [0.2, 0.25) is 0 Å². The van der Waals surface area contributed by atoms with Gasteiger partial charge in [0.05, 0.1) is 11.8 Å². The molecule has 0 heterocycles. The van der Waals surface area contributed by atoms with Crippen LogP contribution >= 0.6 is 0 Å². The first-order valence-corrected chi connectivity index (χ1v) is 21.2. The van der Waals surface area contributed by atoms with E-state index in [1.54, 1.807) is 19.4 Å². The number of fused-ring (bicyclic) bond motifs is 7. The smallest absolute Gasteiger partial charge is 0.309 e. The zero-order valence-electron chi connectivity index (χ0n) is 35.0. The molecule has 3 unspecified atom stereocenters. The average Bonchev–Trinajstić information content (AvgIpc) is 3.80. The second-order valence-electron chi connectivity index (χ2n) is 21.5. The third kappa shape index (κ3) is 6.66. The molecule has 0 aromatic heterocycles. The summed E-state index contributed by atoms with van der Waals surface area (Å²) in [5.74, 6) is 1.69. The molecule has 5 fully saturated rings. The number of carbonyl (C=O) groups is 3. The molecule has 0 saturated heterocycles. The van der Waals surface area contributed by atoms with Crippen molar-refractivity contribution in [2.75, 3.05) is 40.3 Å². The molecule has 52 heavy (non-hydrogen) atoms. The molecule has 7 nitrogen and oxygen atoms in total. The van der Waals surface area contributed by atoms with Gasteiger partial charge in [-0.1, -0.05) is 54.0 Å². The fourth-order valence-corrected chi connectivity index (χ4v) is 13.5. The molecule has 1 N–H and O–H groups in total. The normalized spacial score (nSPS) is 38.6. The van der Waals surface area contributed by atoms with Gasteiger partial charge in [-0.25, -0.2) is 0 Å². The van der Waals surface area contributed by atoms with Crippen molar-refractivity contribution in [3.05, 3.63) is 11.1 Å². The Hall–Kier alpha value is -1.73. The number of likely N-dealkylation sites (N-methyl/N-ethyl adjacent to an activating group) is 1. The molecule has 294 valence electrons. The van der Waals surface area contributed by atoms with Crippen molar-refractivity contribution in [1.82, 2.24) is 9.80 Å². The van der Waals surface area contributed by atoms with Crippen molar-refractivity contribution in [3.63, 3.8) is 0 Å². The van der Waals surface area contributed by atoms with Crippen LogP contribution in [0, 0.1) is 62.1 Å². The zero-order chi connectivity index (χ0) is 38.2. The van der Waals surface area contributed by atoms with Gasteiger partial charge in [0.15, 0.2) is 5.78 Å². The largest absolute Gasteiger partial charge is 0.481 e. The summed E-state index contributed by atoms with van der Waals surface area (Å²) in [6.45, 7) is 24.8. The van der Waals surface area contributed by atoms with Crippen LogP contribution in [-0.4, -0.2) is 79.0 Å². The lowest BCUT2D eigenvalue weighted by molar-refractivity contribution is -0.233. The van der Waals surface area contributed by atoms with E-state index >= 15 is 0 Å². The number of aliphatic carboxylic acids is 1. The van der Waals surface area contributed by atoms with Gasteiger partial charge < -0.3 is 19.6 Å². The Labute approximate surface area is 316 Å². The Morgan fingerprint density at radius 2 is 1.56 bits per heavy atom. The minimum atomic E-state index is -1.14. The predicted molar refractivity (Wildman–Crippen MR) is 208 cm³/mol. The summed E-state index contributed by atoms with van der Waals surface area (Å²) in [5, 5.41) is 9.63. The molecule has 8 atom stereocenters. The summed E-state index contributed by atoms with van der Waals surface area (Å²) < 4.78 is 6.20. The summed E-state index contributed by atoms with van der Waals surface area (Å²) in [6, 6.07) is 0. The average molecular weight is 723 g/mol. The van der Waals surface area contributed by atoms with Crippen LogP contribution in [0.2, 0.25) is 0 Å². The van der Waals surface area contributed by atoms with Crippen molar-refractivity contribution in [3.8, 4) is 0 Å². The maximum absolute atomic E-state index is 14.2. The van der Waals surface area contributed by atoms with Crippen LogP contribution in [-0.2, 0) is 19.1 Å². The number of rotatable bonds is 13. The Bertz CT molecular complexity index is 1440. The molecule has 6 aliphatic carbocycles. The Morgan fingerprint density at radius 1 is 0.865 bits per heavy atom. The third-order valence-corrected chi connectivity index (χ3v) is 16.9. The van der Waals surface area contributed by atoms with Gasteiger partial charge in [-0.2, -0.15) is 0 Å². The molecule has 6 aliphatic rings. The SMILES string of the molecule is CC(C)C1=C2C3CC[C@H]4C(C)(CC[C@H]5C(C)(C)[C@@H](OC(=O)CC(C)(C)C(=O)O)CC[C@@]54C)[C@]3(C)CCC2(CCN(CCN(C)C)CC2CC2)CC1=O. The summed E-state index contributed by atoms with van der Waals surface area (Å²) >= 11 is 0. The Morgan fingerprint density at radius 3 is 2.17 bits per heavy atom. The predicted octanol–water partition coefficient (Wildman–Crippen LogP) is 9.04. The number of hydrogen-bond acceptors (Lipinski definition) is 6. The lowest BCUT2D eigenvalue weighted by atomic mass is 9.33. The van der Waals surface area contributed by atoms with Crippen LogP contribution < -0.4 is 0 Å². The number of carboxylic acid groups (broad SMARTS) is 1. The highest BCUT2D eigenvalue weighted by atomic mass is 16.5. The zero-order valence-corrected chi connectivity index (χ0v) is 35.0. The number of hydrogen-bond donors (Lipinski definition) is 1. The van der Waals surface area contributed by atoms with Crippen molar-refractivity contribution in [2.45, 2.75) is 152 Å². The van der Waals surface area contributed by atoms with Crippen LogP contribution in [0.15, 0.2) is 11.1 Å². The lowest BCUT2D eigenvalue weighted by Gasteiger charge is -2.72. The van der Waals surface area contributed by atoms with Crippen LogP contribution in [0.1, 0.15) is 146 Å². The van der Waals surface area contributed by atoms with E-state index in [0.29, 0.717) is 23.5 Å².